The van der Waals surface area contributed by atoms with Crippen molar-refractivity contribution in [2.75, 3.05) is 0 Å². The molecule has 0 aliphatic rings. The van der Waals surface area contributed by atoms with Crippen molar-refractivity contribution in [3.8, 4) is 0 Å². The van der Waals surface area contributed by atoms with Gasteiger partial charge in [-0.2, -0.15) is 5.10 Å². The van der Waals surface area contributed by atoms with E-state index in [1.165, 1.54) is 20.7 Å². The van der Waals surface area contributed by atoms with Crippen LogP contribution < -0.4 is 0 Å². The smallest absolute Gasteiger partial charge is 0.0799 e. The van der Waals surface area contributed by atoms with E-state index in [1.54, 1.807) is 11.8 Å². The molecule has 0 saturated carbocycles. The van der Waals surface area contributed by atoms with Crippen LogP contribution in [0.3, 0.4) is 0 Å². The maximum atomic E-state index is 4.25. The Morgan fingerprint density at radius 1 is 0.952 bits per heavy atom. The van der Waals surface area contributed by atoms with Crippen molar-refractivity contribution >= 4 is 33.4 Å². The summed E-state index contributed by atoms with van der Waals surface area (Å²) in [5.74, 6) is 0. The zero-order chi connectivity index (χ0) is 14.2. The predicted octanol–water partition coefficient (Wildman–Crippen LogP) is 4.57. The van der Waals surface area contributed by atoms with Crippen molar-refractivity contribution < 1.29 is 0 Å². The third kappa shape index (κ3) is 1.99. The lowest BCUT2D eigenvalue weighted by Gasteiger charge is -2.11. The van der Waals surface area contributed by atoms with Gasteiger partial charge in [-0.25, -0.2) is 0 Å². The molecule has 4 rings (SSSR count). The highest BCUT2D eigenvalue weighted by atomic mass is 32.2. The van der Waals surface area contributed by atoms with Gasteiger partial charge in [0.25, 0.3) is 0 Å². The Bertz CT molecular complexity index is 929. The van der Waals surface area contributed by atoms with Crippen molar-refractivity contribution in [3.05, 3.63) is 60.6 Å². The topological polar surface area (TPSA) is 41.6 Å². The number of aromatic nitrogens is 3. The van der Waals surface area contributed by atoms with Gasteiger partial charge < -0.3 is 0 Å². The number of hydrogen-bond donors (Lipinski definition) is 1. The van der Waals surface area contributed by atoms with Crippen LogP contribution in [0.25, 0.3) is 21.7 Å². The number of nitrogens with one attached hydrogen (secondary N) is 1. The summed E-state index contributed by atoms with van der Waals surface area (Å²) in [7, 11) is 0. The van der Waals surface area contributed by atoms with Gasteiger partial charge in [-0.3, -0.25) is 10.1 Å². The van der Waals surface area contributed by atoms with Crippen LogP contribution in [-0.2, 0) is 0 Å². The first-order chi connectivity index (χ1) is 10.3. The normalized spacial score (nSPS) is 11.3. The first kappa shape index (κ1) is 12.4. The summed E-state index contributed by atoms with van der Waals surface area (Å²) in [6, 6.07) is 12.5. The van der Waals surface area contributed by atoms with E-state index < -0.39 is 0 Å². The number of nitrogens with zero attached hydrogens (tertiary/aromatic N) is 2. The molecule has 0 aliphatic heterocycles. The number of aryl methyl sites for hydroxylation is 1. The average molecular weight is 291 g/mol. The van der Waals surface area contributed by atoms with Crippen LogP contribution in [0.5, 0.6) is 0 Å². The Balaban J connectivity index is 2.02. The minimum Gasteiger partial charge on any atom is -0.277 e. The van der Waals surface area contributed by atoms with E-state index >= 15 is 0 Å². The molecule has 1 N–H and O–H groups in total. The Labute approximate surface area is 126 Å². The number of pyridine rings is 1. The molecule has 0 atom stereocenters. The molecule has 102 valence electrons. The average Bonchev–Trinajstić information content (AvgIpc) is 3.02. The predicted molar refractivity (Wildman–Crippen MR) is 86.7 cm³/mol. The van der Waals surface area contributed by atoms with E-state index in [9.17, 15) is 0 Å². The molecule has 2 heterocycles. The van der Waals surface area contributed by atoms with Gasteiger partial charge in [0, 0.05) is 33.0 Å². The zero-order valence-corrected chi connectivity index (χ0v) is 12.3. The van der Waals surface area contributed by atoms with E-state index in [4.69, 9.17) is 0 Å². The van der Waals surface area contributed by atoms with Gasteiger partial charge in [-0.15, -0.1) is 0 Å². The fraction of sp³-hybridized carbons (Fsp3) is 0.0588. The van der Waals surface area contributed by atoms with E-state index in [0.717, 1.165) is 16.3 Å². The largest absolute Gasteiger partial charge is 0.277 e. The molecule has 4 heteroatoms. The van der Waals surface area contributed by atoms with Gasteiger partial charge >= 0.3 is 0 Å². The van der Waals surface area contributed by atoms with Crippen LogP contribution in [0, 0.1) is 6.92 Å². The summed E-state index contributed by atoms with van der Waals surface area (Å²) in [5.41, 5.74) is 2.35. The monoisotopic (exact) mass is 291 g/mol. The van der Waals surface area contributed by atoms with Gasteiger partial charge in [0.1, 0.15) is 0 Å². The third-order valence-electron chi connectivity index (χ3n) is 3.69. The van der Waals surface area contributed by atoms with E-state index in [0.29, 0.717) is 0 Å². The Hall–Kier alpha value is -2.33. The molecular weight excluding hydrogens is 278 g/mol. The Kier molecular flexibility index (Phi) is 2.89. The summed E-state index contributed by atoms with van der Waals surface area (Å²) in [6.07, 6.45) is 5.64. The number of hydrogen-bond acceptors (Lipinski definition) is 3. The highest BCUT2D eigenvalue weighted by Crippen LogP contribution is 2.39. The summed E-state index contributed by atoms with van der Waals surface area (Å²) in [6.45, 7) is 2.16. The first-order valence-corrected chi connectivity index (χ1v) is 7.58. The first-order valence-electron chi connectivity index (χ1n) is 6.77. The molecule has 0 aliphatic carbocycles. The van der Waals surface area contributed by atoms with E-state index in [1.807, 2.05) is 24.7 Å². The number of rotatable bonds is 2. The van der Waals surface area contributed by atoms with E-state index in [2.05, 4.69) is 52.4 Å². The molecule has 0 unspecified atom stereocenters. The number of benzene rings is 2. The molecule has 3 nitrogen and oxygen atoms in total. The van der Waals surface area contributed by atoms with Gasteiger partial charge in [0.2, 0.25) is 0 Å². The highest BCUT2D eigenvalue weighted by molar-refractivity contribution is 7.99. The molecule has 0 fully saturated rings. The Morgan fingerprint density at radius 3 is 2.67 bits per heavy atom. The van der Waals surface area contributed by atoms with Gasteiger partial charge in [0.15, 0.2) is 0 Å². The minimum absolute atomic E-state index is 1.09. The maximum Gasteiger partial charge on any atom is 0.0799 e. The fourth-order valence-electron chi connectivity index (χ4n) is 2.64. The molecule has 0 spiro atoms. The molecule has 2 aromatic carbocycles. The van der Waals surface area contributed by atoms with E-state index in [-0.39, 0.29) is 0 Å². The third-order valence-corrected chi connectivity index (χ3v) is 4.91. The summed E-state index contributed by atoms with van der Waals surface area (Å²) in [4.78, 5) is 6.70. The maximum absolute atomic E-state index is 4.25. The quantitative estimate of drug-likeness (QED) is 0.588. The SMILES string of the molecule is Cc1c(Sc2ccccc2)c2[nH]ncc2c2cnccc12. The van der Waals surface area contributed by atoms with Crippen LogP contribution in [0.2, 0.25) is 0 Å². The second-order valence-corrected chi connectivity index (χ2v) is 6.03. The second-order valence-electron chi connectivity index (χ2n) is 4.95. The number of fused-ring (bicyclic) bond motifs is 3. The lowest BCUT2D eigenvalue weighted by molar-refractivity contribution is 1.10. The lowest BCUT2D eigenvalue weighted by atomic mass is 10.0. The number of aromatic amines is 1. The molecule has 0 bridgehead atoms. The molecule has 0 saturated heterocycles. The van der Waals surface area contributed by atoms with Gasteiger partial charge in [-0.1, -0.05) is 30.0 Å². The van der Waals surface area contributed by atoms with Crippen molar-refractivity contribution in [2.45, 2.75) is 16.7 Å². The van der Waals surface area contributed by atoms with Crippen molar-refractivity contribution in [1.29, 1.82) is 0 Å². The van der Waals surface area contributed by atoms with Gasteiger partial charge in [-0.05, 0) is 36.1 Å². The highest BCUT2D eigenvalue weighted by Gasteiger charge is 2.14. The summed E-state index contributed by atoms with van der Waals surface area (Å²) < 4.78 is 0. The molecule has 21 heavy (non-hydrogen) atoms. The summed E-state index contributed by atoms with van der Waals surface area (Å²) >= 11 is 1.77. The molecule has 0 amide bonds. The minimum atomic E-state index is 1.09. The zero-order valence-electron chi connectivity index (χ0n) is 11.5. The van der Waals surface area contributed by atoms with Crippen LogP contribution in [-0.4, -0.2) is 15.2 Å². The lowest BCUT2D eigenvalue weighted by Crippen LogP contribution is -1.88. The van der Waals surface area contributed by atoms with Crippen LogP contribution in [0.15, 0.2) is 64.8 Å². The summed E-state index contributed by atoms with van der Waals surface area (Å²) in [5, 5.41) is 10.9. The van der Waals surface area contributed by atoms with Crippen LogP contribution in [0.4, 0.5) is 0 Å². The second kappa shape index (κ2) is 4.90. The molecule has 0 radical (unpaired) electrons. The van der Waals surface area contributed by atoms with Crippen LogP contribution >= 0.6 is 11.8 Å². The molecule has 4 aromatic rings. The Morgan fingerprint density at radius 2 is 1.81 bits per heavy atom. The van der Waals surface area contributed by atoms with Crippen LogP contribution in [0.1, 0.15) is 5.56 Å². The molecular formula is C17H13N3S. The van der Waals surface area contributed by atoms with Crippen molar-refractivity contribution in [2.24, 2.45) is 0 Å². The molecule has 2 aromatic heterocycles. The van der Waals surface area contributed by atoms with Crippen molar-refractivity contribution in [3.63, 3.8) is 0 Å². The fourth-order valence-corrected chi connectivity index (χ4v) is 3.69. The van der Waals surface area contributed by atoms with Gasteiger partial charge in [0.05, 0.1) is 11.7 Å². The standard InChI is InChI=1S/C17H13N3S/c1-11-13-7-8-18-9-14(13)15-10-19-20-16(15)17(11)21-12-5-3-2-4-6-12/h2-10H,1H3,(H,19,20). The number of H-pyrrole nitrogens is 1. The van der Waals surface area contributed by atoms with Crippen molar-refractivity contribution in [1.82, 2.24) is 15.2 Å².